The Hall–Kier alpha value is -3.65. The van der Waals surface area contributed by atoms with Crippen LogP contribution in [-0.2, 0) is 22.6 Å². The molecular formula is C23H24N2O6. The number of hydrogen-bond acceptors (Lipinski definition) is 6. The number of ether oxygens (including phenoxy) is 1. The molecule has 1 atom stereocenters. The Kier molecular flexibility index (Phi) is 7.04. The van der Waals surface area contributed by atoms with Gasteiger partial charge >= 0.3 is 5.63 Å². The van der Waals surface area contributed by atoms with Crippen LogP contribution in [0.4, 0.5) is 0 Å². The number of nitrogens with one attached hydrogen (secondary N) is 1. The van der Waals surface area contributed by atoms with E-state index in [2.05, 4.69) is 5.32 Å². The number of carbonyl (C=O) groups is 2. The Morgan fingerprint density at radius 1 is 1.16 bits per heavy atom. The van der Waals surface area contributed by atoms with Gasteiger partial charge in [-0.05, 0) is 23.3 Å². The molecule has 3 aromatic rings. The zero-order chi connectivity index (χ0) is 22.4. The zero-order valence-corrected chi connectivity index (χ0v) is 17.3. The van der Waals surface area contributed by atoms with E-state index in [1.807, 2.05) is 30.3 Å². The van der Waals surface area contributed by atoms with Gasteiger partial charge in [0.25, 0.3) is 0 Å². The molecule has 3 rings (SSSR count). The Morgan fingerprint density at radius 3 is 2.58 bits per heavy atom. The third kappa shape index (κ3) is 5.49. The van der Waals surface area contributed by atoms with E-state index in [-0.39, 0.29) is 6.42 Å². The minimum absolute atomic E-state index is 0.152. The highest BCUT2D eigenvalue weighted by Gasteiger charge is 2.24. The van der Waals surface area contributed by atoms with Crippen LogP contribution in [0.3, 0.4) is 0 Å². The highest BCUT2D eigenvalue weighted by atomic mass is 16.5. The Labute approximate surface area is 179 Å². The van der Waals surface area contributed by atoms with Crippen molar-refractivity contribution in [2.75, 3.05) is 20.8 Å². The molecule has 8 heteroatoms. The molecular weight excluding hydrogens is 400 g/mol. The topological polar surface area (TPSA) is 109 Å². The van der Waals surface area contributed by atoms with E-state index in [4.69, 9.17) is 9.15 Å². The van der Waals surface area contributed by atoms with Gasteiger partial charge in [-0.2, -0.15) is 0 Å². The predicted octanol–water partition coefficient (Wildman–Crippen LogP) is 1.48. The van der Waals surface area contributed by atoms with E-state index in [0.29, 0.717) is 28.8 Å². The second-order valence-electron chi connectivity index (χ2n) is 7.11. The van der Waals surface area contributed by atoms with Crippen molar-refractivity contribution in [2.24, 2.45) is 0 Å². The third-order valence-electron chi connectivity index (χ3n) is 4.84. The third-order valence-corrected chi connectivity index (χ3v) is 4.84. The van der Waals surface area contributed by atoms with Gasteiger partial charge in [-0.15, -0.1) is 0 Å². The summed E-state index contributed by atoms with van der Waals surface area (Å²) in [6.45, 7) is -0.198. The van der Waals surface area contributed by atoms with Crippen molar-refractivity contribution in [2.45, 2.75) is 19.0 Å². The van der Waals surface area contributed by atoms with Gasteiger partial charge in [0.1, 0.15) is 17.4 Å². The minimum atomic E-state index is -1.09. The summed E-state index contributed by atoms with van der Waals surface area (Å²) in [5.74, 6) is -0.394. The molecule has 0 bridgehead atoms. The number of nitrogens with zero attached hydrogens (tertiary/aromatic N) is 1. The first-order chi connectivity index (χ1) is 14.9. The molecule has 2 amide bonds. The van der Waals surface area contributed by atoms with Crippen LogP contribution >= 0.6 is 0 Å². The molecule has 1 aromatic heterocycles. The van der Waals surface area contributed by atoms with E-state index in [1.165, 1.54) is 18.1 Å². The number of aliphatic hydroxyl groups is 1. The highest BCUT2D eigenvalue weighted by Crippen LogP contribution is 2.22. The lowest BCUT2D eigenvalue weighted by Crippen LogP contribution is -2.49. The van der Waals surface area contributed by atoms with E-state index in [1.54, 1.807) is 25.2 Å². The molecule has 31 heavy (non-hydrogen) atoms. The first kappa shape index (κ1) is 22.0. The number of carbonyl (C=O) groups excluding carboxylic acids is 2. The van der Waals surface area contributed by atoms with Gasteiger partial charge in [0, 0.05) is 31.1 Å². The predicted molar refractivity (Wildman–Crippen MR) is 115 cm³/mol. The summed E-state index contributed by atoms with van der Waals surface area (Å²) < 4.78 is 10.3. The van der Waals surface area contributed by atoms with Crippen molar-refractivity contribution < 1.29 is 23.8 Å². The second kappa shape index (κ2) is 9.90. The summed E-state index contributed by atoms with van der Waals surface area (Å²) in [5, 5.41) is 12.8. The smallest absolute Gasteiger partial charge is 0.336 e. The fraction of sp³-hybridized carbons (Fsp3) is 0.261. The van der Waals surface area contributed by atoms with Crippen LogP contribution in [0.5, 0.6) is 5.75 Å². The van der Waals surface area contributed by atoms with Crippen molar-refractivity contribution in [3.63, 3.8) is 0 Å². The first-order valence-corrected chi connectivity index (χ1v) is 9.71. The number of rotatable bonds is 8. The fourth-order valence-corrected chi connectivity index (χ4v) is 3.29. The molecule has 0 fully saturated rings. The molecule has 0 saturated heterocycles. The van der Waals surface area contributed by atoms with Gasteiger partial charge in [-0.3, -0.25) is 9.59 Å². The van der Waals surface area contributed by atoms with Gasteiger partial charge in [0.05, 0.1) is 20.1 Å². The second-order valence-corrected chi connectivity index (χ2v) is 7.11. The molecule has 162 valence electrons. The van der Waals surface area contributed by atoms with Crippen LogP contribution in [0, 0.1) is 0 Å². The summed E-state index contributed by atoms with van der Waals surface area (Å²) in [5.41, 5.74) is 1.08. The average Bonchev–Trinajstić information content (AvgIpc) is 2.77. The molecule has 0 spiro atoms. The number of aliphatic hydroxyl groups excluding tert-OH is 1. The molecule has 0 aliphatic heterocycles. The van der Waals surface area contributed by atoms with Crippen molar-refractivity contribution >= 4 is 22.8 Å². The van der Waals surface area contributed by atoms with Gasteiger partial charge in [-0.1, -0.05) is 30.3 Å². The molecule has 0 aliphatic rings. The number of amides is 2. The van der Waals surface area contributed by atoms with Gasteiger partial charge in [0.2, 0.25) is 11.8 Å². The summed E-state index contributed by atoms with van der Waals surface area (Å²) >= 11 is 0. The Bertz CT molecular complexity index is 1130. The van der Waals surface area contributed by atoms with Crippen LogP contribution in [0.15, 0.2) is 63.8 Å². The van der Waals surface area contributed by atoms with Crippen LogP contribution in [0.25, 0.3) is 11.0 Å². The quantitative estimate of drug-likeness (QED) is 0.530. The van der Waals surface area contributed by atoms with Gasteiger partial charge < -0.3 is 24.5 Å². The standard InChI is InChI=1S/C23H24N2O6/c1-25(13-15-6-4-3-5-7-15)23(29)19(14-26)24-21(27)10-16-11-22(28)31-20-12-17(30-2)8-9-18(16)20/h3-9,11-12,19,26H,10,13-14H2,1-2H3,(H,24,27). The van der Waals surface area contributed by atoms with Crippen LogP contribution in [0.2, 0.25) is 0 Å². The van der Waals surface area contributed by atoms with E-state index in [0.717, 1.165) is 5.56 Å². The molecule has 1 unspecified atom stereocenters. The van der Waals surface area contributed by atoms with Crippen LogP contribution in [-0.4, -0.2) is 48.6 Å². The lowest BCUT2D eigenvalue weighted by molar-refractivity contribution is -0.136. The first-order valence-electron chi connectivity index (χ1n) is 9.71. The largest absolute Gasteiger partial charge is 0.497 e. The summed E-state index contributed by atoms with van der Waals surface area (Å²) in [4.78, 5) is 38.6. The summed E-state index contributed by atoms with van der Waals surface area (Å²) in [6, 6.07) is 14.5. The lowest BCUT2D eigenvalue weighted by atomic mass is 10.1. The van der Waals surface area contributed by atoms with E-state index < -0.39 is 30.1 Å². The number of hydrogen-bond donors (Lipinski definition) is 2. The zero-order valence-electron chi connectivity index (χ0n) is 17.3. The van der Waals surface area contributed by atoms with Crippen LogP contribution < -0.4 is 15.7 Å². The van der Waals surface area contributed by atoms with Crippen molar-refractivity contribution in [3.05, 3.63) is 76.1 Å². The number of fused-ring (bicyclic) bond motifs is 1. The summed E-state index contributed by atoms with van der Waals surface area (Å²) in [6.07, 6.45) is -0.152. The number of likely N-dealkylation sites (N-methyl/N-ethyl adjacent to an activating group) is 1. The molecule has 8 nitrogen and oxygen atoms in total. The SMILES string of the molecule is COc1ccc2c(CC(=O)NC(CO)C(=O)N(C)Cc3ccccc3)cc(=O)oc2c1. The van der Waals surface area contributed by atoms with Crippen molar-refractivity contribution in [3.8, 4) is 5.75 Å². The maximum Gasteiger partial charge on any atom is 0.336 e. The lowest BCUT2D eigenvalue weighted by Gasteiger charge is -2.23. The van der Waals surface area contributed by atoms with Crippen LogP contribution in [0.1, 0.15) is 11.1 Å². The van der Waals surface area contributed by atoms with Gasteiger partial charge in [-0.25, -0.2) is 4.79 Å². The van der Waals surface area contributed by atoms with Crippen molar-refractivity contribution in [1.82, 2.24) is 10.2 Å². The summed E-state index contributed by atoms with van der Waals surface area (Å²) in [7, 11) is 3.10. The minimum Gasteiger partial charge on any atom is -0.497 e. The van der Waals surface area contributed by atoms with E-state index >= 15 is 0 Å². The number of methoxy groups -OCH3 is 1. The molecule has 2 N–H and O–H groups in total. The number of benzene rings is 2. The maximum absolute atomic E-state index is 12.7. The van der Waals surface area contributed by atoms with E-state index in [9.17, 15) is 19.5 Å². The Balaban J connectivity index is 1.71. The fourth-order valence-electron chi connectivity index (χ4n) is 3.29. The molecule has 0 radical (unpaired) electrons. The monoisotopic (exact) mass is 424 g/mol. The highest BCUT2D eigenvalue weighted by molar-refractivity contribution is 5.91. The molecule has 0 aliphatic carbocycles. The van der Waals surface area contributed by atoms with Gasteiger partial charge in [0.15, 0.2) is 0 Å². The normalized spacial score (nSPS) is 11.7. The Morgan fingerprint density at radius 2 is 1.90 bits per heavy atom. The molecule has 1 heterocycles. The molecule has 0 saturated carbocycles. The maximum atomic E-state index is 12.7. The molecule has 2 aromatic carbocycles. The van der Waals surface area contributed by atoms with Crippen molar-refractivity contribution in [1.29, 1.82) is 0 Å². The average molecular weight is 424 g/mol.